The highest BCUT2D eigenvalue weighted by Gasteiger charge is 2.17. The second-order valence-electron chi connectivity index (χ2n) is 4.78. The van der Waals surface area contributed by atoms with Crippen LogP contribution in [0, 0.1) is 6.92 Å². The summed E-state index contributed by atoms with van der Waals surface area (Å²) in [5.41, 5.74) is 7.27. The van der Waals surface area contributed by atoms with Gasteiger partial charge in [0.25, 0.3) is 0 Å². The van der Waals surface area contributed by atoms with Crippen LogP contribution in [-0.4, -0.2) is 0 Å². The van der Waals surface area contributed by atoms with Crippen molar-refractivity contribution in [3.8, 4) is 11.1 Å². The highest BCUT2D eigenvalue weighted by Crippen LogP contribution is 2.36. The molecule has 17 heavy (non-hydrogen) atoms. The molecule has 1 aliphatic carbocycles. The van der Waals surface area contributed by atoms with Crippen molar-refractivity contribution >= 4 is 0 Å². The first kappa shape index (κ1) is 10.6. The van der Waals surface area contributed by atoms with Crippen molar-refractivity contribution in [3.63, 3.8) is 0 Å². The van der Waals surface area contributed by atoms with Crippen LogP contribution < -0.4 is 0 Å². The summed E-state index contributed by atoms with van der Waals surface area (Å²) >= 11 is 0. The van der Waals surface area contributed by atoms with E-state index in [2.05, 4.69) is 49.4 Å². The number of benzene rings is 2. The molecule has 0 aromatic heterocycles. The molecule has 0 bridgehead atoms. The summed E-state index contributed by atoms with van der Waals surface area (Å²) in [4.78, 5) is 0. The Morgan fingerprint density at radius 2 is 1.76 bits per heavy atom. The largest absolute Gasteiger partial charge is 0.0619 e. The molecule has 2 aromatic rings. The number of hydrogen-bond acceptors (Lipinski definition) is 0. The van der Waals surface area contributed by atoms with E-state index in [1.54, 1.807) is 0 Å². The maximum atomic E-state index is 3.91. The number of unbranched alkanes of at least 4 members (excludes halogenated alkanes) is 1. The van der Waals surface area contributed by atoms with Gasteiger partial charge >= 0.3 is 0 Å². The summed E-state index contributed by atoms with van der Waals surface area (Å²) in [5, 5.41) is 0. The van der Waals surface area contributed by atoms with Gasteiger partial charge in [-0.15, -0.1) is 0 Å². The molecule has 0 nitrogen and oxygen atoms in total. The highest BCUT2D eigenvalue weighted by atomic mass is 14.2. The molecule has 0 heterocycles. The van der Waals surface area contributed by atoms with Crippen molar-refractivity contribution < 1.29 is 0 Å². The van der Waals surface area contributed by atoms with E-state index in [4.69, 9.17) is 0 Å². The van der Waals surface area contributed by atoms with E-state index in [-0.39, 0.29) is 0 Å². The molecule has 0 unspecified atom stereocenters. The lowest BCUT2D eigenvalue weighted by molar-refractivity contribution is 0.840. The minimum absolute atomic E-state index is 1.03. The van der Waals surface area contributed by atoms with Gasteiger partial charge in [0.15, 0.2) is 0 Å². The zero-order chi connectivity index (χ0) is 11.7. The first-order valence-corrected chi connectivity index (χ1v) is 6.38. The fourth-order valence-corrected chi connectivity index (χ4v) is 2.68. The molecular weight excluding hydrogens is 204 g/mol. The van der Waals surface area contributed by atoms with Crippen molar-refractivity contribution in [2.45, 2.75) is 25.7 Å². The fourth-order valence-electron chi connectivity index (χ4n) is 2.68. The molecule has 2 aromatic carbocycles. The van der Waals surface area contributed by atoms with Crippen LogP contribution in [0.1, 0.15) is 29.5 Å². The van der Waals surface area contributed by atoms with Crippen LogP contribution in [0.2, 0.25) is 0 Å². The zero-order valence-electron chi connectivity index (χ0n) is 10.1. The van der Waals surface area contributed by atoms with E-state index in [1.807, 2.05) is 0 Å². The van der Waals surface area contributed by atoms with Crippen molar-refractivity contribution in [2.75, 3.05) is 0 Å². The third kappa shape index (κ3) is 1.88. The smallest absolute Gasteiger partial charge is 0.00134 e. The van der Waals surface area contributed by atoms with Gasteiger partial charge in [0.2, 0.25) is 0 Å². The van der Waals surface area contributed by atoms with Gasteiger partial charge in [-0.3, -0.25) is 0 Å². The topological polar surface area (TPSA) is 0 Å². The lowest BCUT2D eigenvalue weighted by Crippen LogP contribution is -1.88. The number of fused-ring (bicyclic) bond motifs is 3. The summed E-state index contributed by atoms with van der Waals surface area (Å²) in [7, 11) is 0. The molecule has 1 aliphatic rings. The molecule has 0 atom stereocenters. The molecule has 0 heteroatoms. The molecular formula is C17H17. The second kappa shape index (κ2) is 4.37. The van der Waals surface area contributed by atoms with Gasteiger partial charge in [-0.25, -0.2) is 0 Å². The summed E-state index contributed by atoms with van der Waals surface area (Å²) in [5.74, 6) is 0. The fraction of sp³-hybridized carbons (Fsp3) is 0.235. The predicted octanol–water partition coefficient (Wildman–Crippen LogP) is 4.41. The van der Waals surface area contributed by atoms with E-state index >= 15 is 0 Å². The second-order valence-corrected chi connectivity index (χ2v) is 4.78. The van der Waals surface area contributed by atoms with Crippen LogP contribution in [0.4, 0.5) is 0 Å². The third-order valence-corrected chi connectivity index (χ3v) is 3.57. The molecule has 0 spiro atoms. The first-order chi connectivity index (χ1) is 8.38. The van der Waals surface area contributed by atoms with Crippen LogP contribution in [0.15, 0.2) is 42.5 Å². The van der Waals surface area contributed by atoms with Gasteiger partial charge < -0.3 is 0 Å². The van der Waals surface area contributed by atoms with E-state index in [0.29, 0.717) is 0 Å². The Kier molecular flexibility index (Phi) is 2.72. The number of hydrogen-bond donors (Lipinski definition) is 0. The predicted molar refractivity (Wildman–Crippen MR) is 73.0 cm³/mol. The van der Waals surface area contributed by atoms with Crippen LogP contribution in [0.3, 0.4) is 0 Å². The molecule has 1 radical (unpaired) electrons. The van der Waals surface area contributed by atoms with Crippen molar-refractivity contribution in [2.24, 2.45) is 0 Å². The highest BCUT2D eigenvalue weighted by molar-refractivity contribution is 5.76. The lowest BCUT2D eigenvalue weighted by Gasteiger charge is -2.04. The Morgan fingerprint density at radius 1 is 0.941 bits per heavy atom. The molecule has 3 rings (SSSR count). The van der Waals surface area contributed by atoms with Crippen molar-refractivity contribution in [1.82, 2.24) is 0 Å². The average molecular weight is 221 g/mol. The third-order valence-electron chi connectivity index (χ3n) is 3.57. The maximum absolute atomic E-state index is 3.91. The van der Waals surface area contributed by atoms with Gasteiger partial charge in [0.05, 0.1) is 0 Å². The molecule has 0 fully saturated rings. The normalized spacial score (nSPS) is 12.3. The molecule has 0 saturated carbocycles. The van der Waals surface area contributed by atoms with Crippen molar-refractivity contribution in [1.29, 1.82) is 0 Å². The average Bonchev–Trinajstić information content (AvgIpc) is 2.74. The van der Waals surface area contributed by atoms with E-state index in [0.717, 1.165) is 19.3 Å². The Hall–Kier alpha value is -1.56. The molecule has 0 aliphatic heterocycles. The van der Waals surface area contributed by atoms with Gasteiger partial charge in [-0.2, -0.15) is 0 Å². The maximum Gasteiger partial charge on any atom is -0.00134 e. The summed E-state index contributed by atoms with van der Waals surface area (Å²) in [6.45, 7) is 3.91. The Morgan fingerprint density at radius 3 is 2.65 bits per heavy atom. The molecule has 0 amide bonds. The van der Waals surface area contributed by atoms with E-state index in [1.165, 1.54) is 34.2 Å². The van der Waals surface area contributed by atoms with Gasteiger partial charge in [0.1, 0.15) is 0 Å². The zero-order valence-corrected chi connectivity index (χ0v) is 10.1. The molecule has 0 saturated heterocycles. The SMILES string of the molecule is [CH2]CCCc1ccc2c(c1)Cc1ccccc1-2. The van der Waals surface area contributed by atoms with Crippen molar-refractivity contribution in [3.05, 3.63) is 66.1 Å². The number of aryl methyl sites for hydroxylation is 1. The minimum Gasteiger partial charge on any atom is -0.0619 e. The quantitative estimate of drug-likeness (QED) is 0.614. The summed E-state index contributed by atoms with van der Waals surface area (Å²) in [6, 6.07) is 15.7. The Balaban J connectivity index is 1.95. The standard InChI is InChI=1S/C17H17/c1-2-3-6-13-9-10-17-15(11-13)12-14-7-4-5-8-16(14)17/h4-5,7-11H,1-3,6,12H2. The number of rotatable bonds is 3. The van der Waals surface area contributed by atoms with E-state index in [9.17, 15) is 0 Å². The molecule has 85 valence electrons. The van der Waals surface area contributed by atoms with Gasteiger partial charge in [-0.1, -0.05) is 55.8 Å². The summed E-state index contributed by atoms with van der Waals surface area (Å²) in [6.07, 6.45) is 4.47. The van der Waals surface area contributed by atoms with Crippen LogP contribution >= 0.6 is 0 Å². The Bertz CT molecular complexity index is 537. The van der Waals surface area contributed by atoms with Gasteiger partial charge in [0, 0.05) is 0 Å². The van der Waals surface area contributed by atoms with Crippen LogP contribution in [0.5, 0.6) is 0 Å². The van der Waals surface area contributed by atoms with Crippen LogP contribution in [0.25, 0.3) is 11.1 Å². The molecule has 0 N–H and O–H groups in total. The summed E-state index contributed by atoms with van der Waals surface area (Å²) < 4.78 is 0. The lowest BCUT2D eigenvalue weighted by atomic mass is 10.0. The first-order valence-electron chi connectivity index (χ1n) is 6.38. The van der Waals surface area contributed by atoms with Gasteiger partial charge in [-0.05, 0) is 47.1 Å². The van der Waals surface area contributed by atoms with Crippen LogP contribution in [-0.2, 0) is 12.8 Å². The monoisotopic (exact) mass is 221 g/mol. The van der Waals surface area contributed by atoms with E-state index < -0.39 is 0 Å². The Labute approximate surface area is 103 Å². The minimum atomic E-state index is 1.03.